The van der Waals surface area contributed by atoms with Crippen molar-refractivity contribution >= 4 is 5.95 Å². The Balaban J connectivity index is 1.98. The van der Waals surface area contributed by atoms with Crippen LogP contribution >= 0.6 is 0 Å². The van der Waals surface area contributed by atoms with Gasteiger partial charge in [-0.2, -0.15) is 0 Å². The van der Waals surface area contributed by atoms with Crippen LogP contribution in [0.5, 0.6) is 0 Å². The van der Waals surface area contributed by atoms with E-state index in [0.29, 0.717) is 13.1 Å². The SMILES string of the molecule is CCCC1(O)CN(c2nnnn2C)C1. The first-order valence-corrected chi connectivity index (χ1v) is 4.84. The second-order valence-electron chi connectivity index (χ2n) is 3.93. The molecule has 1 aromatic rings. The Morgan fingerprint density at radius 1 is 1.50 bits per heavy atom. The van der Waals surface area contributed by atoms with Crippen LogP contribution in [0.4, 0.5) is 5.95 Å². The van der Waals surface area contributed by atoms with Crippen molar-refractivity contribution in [3.05, 3.63) is 0 Å². The van der Waals surface area contributed by atoms with E-state index in [1.165, 1.54) is 0 Å². The molecule has 2 rings (SSSR count). The summed E-state index contributed by atoms with van der Waals surface area (Å²) in [5.74, 6) is 0.728. The van der Waals surface area contributed by atoms with Gasteiger partial charge in [-0.05, 0) is 16.8 Å². The predicted molar refractivity (Wildman–Crippen MR) is 50.9 cm³/mol. The van der Waals surface area contributed by atoms with E-state index in [-0.39, 0.29) is 0 Å². The number of aromatic nitrogens is 4. The number of hydrogen-bond donors (Lipinski definition) is 1. The average molecular weight is 197 g/mol. The van der Waals surface area contributed by atoms with E-state index in [2.05, 4.69) is 22.4 Å². The molecule has 0 unspecified atom stereocenters. The Kier molecular flexibility index (Phi) is 2.14. The molecule has 1 saturated heterocycles. The van der Waals surface area contributed by atoms with Crippen molar-refractivity contribution in [3.8, 4) is 0 Å². The number of hydrogen-bond acceptors (Lipinski definition) is 5. The minimum atomic E-state index is -0.527. The smallest absolute Gasteiger partial charge is 0.245 e. The number of aliphatic hydroxyl groups is 1. The molecule has 0 aromatic carbocycles. The van der Waals surface area contributed by atoms with Gasteiger partial charge in [-0.1, -0.05) is 18.4 Å². The Bertz CT molecular complexity index is 317. The molecule has 0 spiro atoms. The Morgan fingerprint density at radius 3 is 2.71 bits per heavy atom. The van der Waals surface area contributed by atoms with E-state index in [1.807, 2.05) is 4.90 Å². The maximum atomic E-state index is 9.95. The lowest BCUT2D eigenvalue weighted by Crippen LogP contribution is -2.62. The Hall–Kier alpha value is -1.17. The first-order valence-electron chi connectivity index (χ1n) is 4.84. The molecule has 1 N–H and O–H groups in total. The van der Waals surface area contributed by atoms with E-state index in [1.54, 1.807) is 11.7 Å². The van der Waals surface area contributed by atoms with Gasteiger partial charge in [-0.15, -0.1) is 0 Å². The molecule has 0 saturated carbocycles. The molecule has 6 heteroatoms. The average Bonchev–Trinajstić information content (AvgIpc) is 2.47. The zero-order valence-electron chi connectivity index (χ0n) is 8.51. The first kappa shape index (κ1) is 9.39. The van der Waals surface area contributed by atoms with Gasteiger partial charge in [-0.25, -0.2) is 4.68 Å². The van der Waals surface area contributed by atoms with Gasteiger partial charge in [0, 0.05) is 7.05 Å². The maximum absolute atomic E-state index is 9.95. The molecule has 78 valence electrons. The molecule has 0 radical (unpaired) electrons. The van der Waals surface area contributed by atoms with Crippen LogP contribution in [0.25, 0.3) is 0 Å². The van der Waals surface area contributed by atoms with Gasteiger partial charge in [-0.3, -0.25) is 0 Å². The van der Waals surface area contributed by atoms with Crippen LogP contribution in [0.1, 0.15) is 19.8 Å². The second kappa shape index (κ2) is 3.20. The van der Waals surface area contributed by atoms with Gasteiger partial charge >= 0.3 is 0 Å². The zero-order chi connectivity index (χ0) is 10.2. The van der Waals surface area contributed by atoms with Crippen molar-refractivity contribution in [3.63, 3.8) is 0 Å². The zero-order valence-corrected chi connectivity index (χ0v) is 8.51. The fourth-order valence-electron chi connectivity index (χ4n) is 1.92. The number of aryl methyl sites for hydroxylation is 1. The number of tetrazole rings is 1. The molecule has 0 amide bonds. The van der Waals surface area contributed by atoms with Crippen LogP contribution in [0.15, 0.2) is 0 Å². The highest BCUT2D eigenvalue weighted by Gasteiger charge is 2.42. The fraction of sp³-hybridized carbons (Fsp3) is 0.875. The van der Waals surface area contributed by atoms with E-state index in [4.69, 9.17) is 0 Å². The van der Waals surface area contributed by atoms with Crippen molar-refractivity contribution in [2.45, 2.75) is 25.4 Å². The molecule has 1 aromatic heterocycles. The minimum Gasteiger partial charge on any atom is -0.386 e. The lowest BCUT2D eigenvalue weighted by atomic mass is 9.90. The van der Waals surface area contributed by atoms with Gasteiger partial charge in [0.05, 0.1) is 18.7 Å². The lowest BCUT2D eigenvalue weighted by molar-refractivity contribution is 0.00210. The quantitative estimate of drug-likeness (QED) is 0.711. The molecule has 14 heavy (non-hydrogen) atoms. The summed E-state index contributed by atoms with van der Waals surface area (Å²) in [5, 5.41) is 21.1. The van der Waals surface area contributed by atoms with Gasteiger partial charge in [0.2, 0.25) is 5.95 Å². The molecule has 2 heterocycles. The molecular weight excluding hydrogens is 182 g/mol. The highest BCUT2D eigenvalue weighted by atomic mass is 16.3. The number of rotatable bonds is 3. The van der Waals surface area contributed by atoms with Gasteiger partial charge in [0.1, 0.15) is 0 Å². The van der Waals surface area contributed by atoms with Crippen LogP contribution in [0, 0.1) is 0 Å². The van der Waals surface area contributed by atoms with E-state index < -0.39 is 5.60 Å². The standard InChI is InChI=1S/C8H15N5O/c1-3-4-8(14)5-13(6-8)7-9-10-11-12(7)2/h14H,3-6H2,1-2H3. The van der Waals surface area contributed by atoms with Crippen molar-refractivity contribution in [2.75, 3.05) is 18.0 Å². The number of nitrogens with zero attached hydrogens (tertiary/aromatic N) is 5. The van der Waals surface area contributed by atoms with E-state index >= 15 is 0 Å². The Morgan fingerprint density at radius 2 is 2.21 bits per heavy atom. The van der Waals surface area contributed by atoms with Crippen molar-refractivity contribution in [1.29, 1.82) is 0 Å². The summed E-state index contributed by atoms with van der Waals surface area (Å²) >= 11 is 0. The monoisotopic (exact) mass is 197 g/mol. The third-order valence-corrected chi connectivity index (χ3v) is 2.57. The largest absolute Gasteiger partial charge is 0.386 e. The van der Waals surface area contributed by atoms with E-state index in [0.717, 1.165) is 18.8 Å². The summed E-state index contributed by atoms with van der Waals surface area (Å²) < 4.78 is 1.62. The third-order valence-electron chi connectivity index (χ3n) is 2.57. The summed E-state index contributed by atoms with van der Waals surface area (Å²) in [6.07, 6.45) is 1.84. The number of anilines is 1. The topological polar surface area (TPSA) is 67.1 Å². The maximum Gasteiger partial charge on any atom is 0.245 e. The third kappa shape index (κ3) is 1.45. The number of β-amino-alcohol motifs (C(OH)–C–C–N with tert-alkyl or cyclic N) is 1. The summed E-state index contributed by atoms with van der Waals surface area (Å²) in [6, 6.07) is 0. The molecule has 0 atom stereocenters. The highest BCUT2D eigenvalue weighted by Crippen LogP contribution is 2.28. The lowest BCUT2D eigenvalue weighted by Gasteiger charge is -2.46. The van der Waals surface area contributed by atoms with Crippen molar-refractivity contribution < 1.29 is 5.11 Å². The van der Waals surface area contributed by atoms with Crippen LogP contribution < -0.4 is 4.90 Å². The molecule has 1 aliphatic rings. The second-order valence-corrected chi connectivity index (χ2v) is 3.93. The predicted octanol–water partition coefficient (Wildman–Crippen LogP) is -0.439. The van der Waals surface area contributed by atoms with Crippen molar-refractivity contribution in [1.82, 2.24) is 20.2 Å². The van der Waals surface area contributed by atoms with E-state index in [9.17, 15) is 5.11 Å². The van der Waals surface area contributed by atoms with Crippen LogP contribution in [-0.2, 0) is 7.05 Å². The summed E-state index contributed by atoms with van der Waals surface area (Å²) in [7, 11) is 1.80. The van der Waals surface area contributed by atoms with Gasteiger partial charge < -0.3 is 10.0 Å². The molecule has 1 fully saturated rings. The normalized spacial score (nSPS) is 19.5. The molecule has 0 bridgehead atoms. The van der Waals surface area contributed by atoms with Crippen LogP contribution in [0.3, 0.4) is 0 Å². The van der Waals surface area contributed by atoms with Gasteiger partial charge in [0.15, 0.2) is 0 Å². The molecule has 0 aliphatic carbocycles. The van der Waals surface area contributed by atoms with Crippen LogP contribution in [-0.4, -0.2) is 44.0 Å². The van der Waals surface area contributed by atoms with Crippen molar-refractivity contribution in [2.24, 2.45) is 7.05 Å². The van der Waals surface area contributed by atoms with Crippen LogP contribution in [0.2, 0.25) is 0 Å². The first-order chi connectivity index (χ1) is 6.64. The minimum absolute atomic E-state index is 0.527. The molecular formula is C8H15N5O. The summed E-state index contributed by atoms with van der Waals surface area (Å²) in [5.41, 5.74) is -0.527. The highest BCUT2D eigenvalue weighted by molar-refractivity contribution is 5.35. The summed E-state index contributed by atoms with van der Waals surface area (Å²) in [4.78, 5) is 1.98. The summed E-state index contributed by atoms with van der Waals surface area (Å²) in [6.45, 7) is 3.34. The van der Waals surface area contributed by atoms with Gasteiger partial charge in [0.25, 0.3) is 0 Å². The fourth-order valence-corrected chi connectivity index (χ4v) is 1.92. The Labute approximate surface area is 82.5 Å². The molecule has 6 nitrogen and oxygen atoms in total. The molecule has 1 aliphatic heterocycles.